The van der Waals surface area contributed by atoms with E-state index < -0.39 is 5.41 Å². The zero-order valence-corrected chi connectivity index (χ0v) is 13.1. The molecule has 0 spiro atoms. The monoisotopic (exact) mass is 298 g/mol. The van der Waals surface area contributed by atoms with Gasteiger partial charge < -0.3 is 24.1 Å². The fourth-order valence-electron chi connectivity index (χ4n) is 1.76. The Balaban J connectivity index is 3.04. The summed E-state index contributed by atoms with van der Waals surface area (Å²) < 4.78 is 20.9. The van der Waals surface area contributed by atoms with Gasteiger partial charge in [0.1, 0.15) is 6.61 Å². The summed E-state index contributed by atoms with van der Waals surface area (Å²) in [5.41, 5.74) is -0.163. The Morgan fingerprint density at radius 2 is 1.67 bits per heavy atom. The lowest BCUT2D eigenvalue weighted by molar-refractivity contribution is -0.152. The normalized spacial score (nSPS) is 11.0. The Morgan fingerprint density at radius 1 is 1.14 bits per heavy atom. The average Bonchev–Trinajstić information content (AvgIpc) is 2.50. The topological polar surface area (TPSA) is 74.2 Å². The molecule has 21 heavy (non-hydrogen) atoms. The van der Waals surface area contributed by atoms with Gasteiger partial charge in [-0.1, -0.05) is 0 Å². The predicted octanol–water partition coefficient (Wildman–Crippen LogP) is 1.77. The molecule has 1 aromatic carbocycles. The molecule has 0 heterocycles. The molecule has 0 bridgehead atoms. The lowest BCUT2D eigenvalue weighted by Gasteiger charge is -2.23. The maximum atomic E-state index is 11.7. The Labute approximate surface area is 124 Å². The largest absolute Gasteiger partial charge is 0.493 e. The molecule has 0 aliphatic carbocycles. The average molecular weight is 298 g/mol. The van der Waals surface area contributed by atoms with E-state index in [-0.39, 0.29) is 19.2 Å². The zero-order valence-electron chi connectivity index (χ0n) is 13.1. The van der Waals surface area contributed by atoms with Crippen molar-refractivity contribution in [1.29, 1.82) is 0 Å². The SMILES string of the molecule is COC(=O)C(C)(C)COc1c(OC)cc(CO)cc1OC. The minimum absolute atomic E-state index is 0.102. The third-order valence-electron chi connectivity index (χ3n) is 3.02. The van der Waals surface area contributed by atoms with Crippen molar-refractivity contribution in [2.24, 2.45) is 5.41 Å². The molecule has 1 N–H and O–H groups in total. The maximum absolute atomic E-state index is 11.7. The number of carbonyl (C=O) groups is 1. The fraction of sp³-hybridized carbons (Fsp3) is 0.533. The standard InChI is InChI=1S/C15H22O6/c1-15(2,14(17)20-5)9-21-13-11(18-3)6-10(8-16)7-12(13)19-4/h6-7,16H,8-9H2,1-5H3. The molecule has 1 aromatic rings. The highest BCUT2D eigenvalue weighted by Gasteiger charge is 2.30. The van der Waals surface area contributed by atoms with Gasteiger partial charge in [0, 0.05) is 0 Å². The summed E-state index contributed by atoms with van der Waals surface area (Å²) in [5, 5.41) is 9.22. The van der Waals surface area contributed by atoms with E-state index in [0.717, 1.165) is 0 Å². The highest BCUT2D eigenvalue weighted by molar-refractivity contribution is 5.76. The smallest absolute Gasteiger partial charge is 0.314 e. The lowest BCUT2D eigenvalue weighted by atomic mass is 9.95. The van der Waals surface area contributed by atoms with E-state index in [9.17, 15) is 9.90 Å². The van der Waals surface area contributed by atoms with Crippen molar-refractivity contribution < 1.29 is 28.8 Å². The first kappa shape index (κ1) is 17.1. The third kappa shape index (κ3) is 4.01. The first-order valence-electron chi connectivity index (χ1n) is 6.46. The molecule has 118 valence electrons. The Hall–Kier alpha value is -1.95. The van der Waals surface area contributed by atoms with Gasteiger partial charge in [0.25, 0.3) is 0 Å². The second-order valence-electron chi connectivity index (χ2n) is 5.15. The van der Waals surface area contributed by atoms with Crippen LogP contribution in [0, 0.1) is 5.41 Å². The number of ether oxygens (including phenoxy) is 4. The van der Waals surface area contributed by atoms with E-state index in [1.54, 1.807) is 26.0 Å². The van der Waals surface area contributed by atoms with Gasteiger partial charge in [-0.05, 0) is 31.5 Å². The molecule has 0 aromatic heterocycles. The highest BCUT2D eigenvalue weighted by atomic mass is 16.5. The van der Waals surface area contributed by atoms with Gasteiger partial charge in [-0.2, -0.15) is 0 Å². The van der Waals surface area contributed by atoms with Crippen LogP contribution in [-0.2, 0) is 16.1 Å². The number of hydrogen-bond acceptors (Lipinski definition) is 6. The number of methoxy groups -OCH3 is 3. The zero-order chi connectivity index (χ0) is 16.0. The molecule has 0 fully saturated rings. The van der Waals surface area contributed by atoms with Gasteiger partial charge in [0.2, 0.25) is 5.75 Å². The molecule has 0 saturated heterocycles. The van der Waals surface area contributed by atoms with Gasteiger partial charge in [-0.15, -0.1) is 0 Å². The Morgan fingerprint density at radius 3 is 2.05 bits per heavy atom. The van der Waals surface area contributed by atoms with Crippen LogP contribution in [0.3, 0.4) is 0 Å². The molecule has 0 saturated carbocycles. The van der Waals surface area contributed by atoms with E-state index in [1.165, 1.54) is 21.3 Å². The van der Waals surface area contributed by atoms with Gasteiger partial charge >= 0.3 is 5.97 Å². The van der Waals surface area contributed by atoms with Crippen molar-refractivity contribution in [3.63, 3.8) is 0 Å². The van der Waals surface area contributed by atoms with Crippen LogP contribution < -0.4 is 14.2 Å². The summed E-state index contributed by atoms with van der Waals surface area (Å²) in [5.74, 6) is 0.875. The fourth-order valence-corrected chi connectivity index (χ4v) is 1.76. The highest BCUT2D eigenvalue weighted by Crippen LogP contribution is 2.39. The first-order chi connectivity index (χ1) is 9.89. The van der Waals surface area contributed by atoms with Crippen LogP contribution in [0.15, 0.2) is 12.1 Å². The predicted molar refractivity (Wildman–Crippen MR) is 76.8 cm³/mol. The number of benzene rings is 1. The Kier molecular flexibility index (Phi) is 5.84. The van der Waals surface area contributed by atoms with Gasteiger partial charge in [-0.25, -0.2) is 0 Å². The van der Waals surface area contributed by atoms with E-state index in [4.69, 9.17) is 18.9 Å². The van der Waals surface area contributed by atoms with Crippen LogP contribution in [0.5, 0.6) is 17.2 Å². The number of carbonyl (C=O) groups excluding carboxylic acids is 1. The van der Waals surface area contributed by atoms with Crippen LogP contribution in [0.25, 0.3) is 0 Å². The van der Waals surface area contributed by atoms with Crippen molar-refractivity contribution in [2.75, 3.05) is 27.9 Å². The molecule has 0 aliphatic rings. The second kappa shape index (κ2) is 7.17. The summed E-state index contributed by atoms with van der Waals surface area (Å²) in [6.45, 7) is 3.41. The summed E-state index contributed by atoms with van der Waals surface area (Å²) in [6, 6.07) is 3.31. The summed E-state index contributed by atoms with van der Waals surface area (Å²) in [7, 11) is 4.32. The van der Waals surface area contributed by atoms with E-state index in [0.29, 0.717) is 22.8 Å². The summed E-state index contributed by atoms with van der Waals surface area (Å²) >= 11 is 0. The molecular formula is C15H22O6. The first-order valence-corrected chi connectivity index (χ1v) is 6.46. The molecule has 0 atom stereocenters. The van der Waals surface area contributed by atoms with E-state index >= 15 is 0 Å². The van der Waals surface area contributed by atoms with Crippen molar-refractivity contribution in [1.82, 2.24) is 0 Å². The van der Waals surface area contributed by atoms with Crippen LogP contribution in [0.2, 0.25) is 0 Å². The van der Waals surface area contributed by atoms with Crippen molar-refractivity contribution >= 4 is 5.97 Å². The minimum atomic E-state index is -0.805. The summed E-state index contributed by atoms with van der Waals surface area (Å²) in [6.07, 6.45) is 0. The van der Waals surface area contributed by atoms with Gasteiger partial charge in [0.05, 0.1) is 33.4 Å². The summed E-state index contributed by atoms with van der Waals surface area (Å²) in [4.78, 5) is 11.7. The minimum Gasteiger partial charge on any atom is -0.493 e. The van der Waals surface area contributed by atoms with Crippen molar-refractivity contribution in [3.8, 4) is 17.2 Å². The number of aliphatic hydroxyl groups excluding tert-OH is 1. The van der Waals surface area contributed by atoms with Crippen LogP contribution in [-0.4, -0.2) is 39.0 Å². The quantitative estimate of drug-likeness (QED) is 0.773. The number of rotatable bonds is 7. The lowest BCUT2D eigenvalue weighted by Crippen LogP contribution is -2.32. The molecule has 0 radical (unpaired) electrons. The molecule has 0 aliphatic heterocycles. The van der Waals surface area contributed by atoms with Crippen molar-refractivity contribution in [3.05, 3.63) is 17.7 Å². The van der Waals surface area contributed by atoms with Crippen LogP contribution in [0.4, 0.5) is 0 Å². The van der Waals surface area contributed by atoms with Crippen LogP contribution >= 0.6 is 0 Å². The second-order valence-corrected chi connectivity index (χ2v) is 5.15. The van der Waals surface area contributed by atoms with Crippen LogP contribution in [0.1, 0.15) is 19.4 Å². The van der Waals surface area contributed by atoms with E-state index in [1.807, 2.05) is 0 Å². The molecule has 6 nitrogen and oxygen atoms in total. The molecule has 0 amide bonds. The molecular weight excluding hydrogens is 276 g/mol. The molecule has 1 rings (SSSR count). The van der Waals surface area contributed by atoms with E-state index in [2.05, 4.69) is 0 Å². The van der Waals surface area contributed by atoms with Gasteiger partial charge in [-0.3, -0.25) is 4.79 Å². The molecule has 0 unspecified atom stereocenters. The Bertz CT molecular complexity index is 470. The number of aliphatic hydroxyl groups is 1. The number of esters is 1. The third-order valence-corrected chi connectivity index (χ3v) is 3.02. The number of hydrogen-bond donors (Lipinski definition) is 1. The van der Waals surface area contributed by atoms with Gasteiger partial charge in [0.15, 0.2) is 11.5 Å². The maximum Gasteiger partial charge on any atom is 0.314 e. The van der Waals surface area contributed by atoms with Crippen molar-refractivity contribution in [2.45, 2.75) is 20.5 Å². The molecule has 6 heteroatoms.